The third-order valence-corrected chi connectivity index (χ3v) is 7.96. The van der Waals surface area contributed by atoms with Gasteiger partial charge in [0.25, 0.3) is 0 Å². The molecule has 34 heavy (non-hydrogen) atoms. The van der Waals surface area contributed by atoms with Gasteiger partial charge in [-0.05, 0) is 35.6 Å². The van der Waals surface area contributed by atoms with Crippen LogP contribution in [-0.2, 0) is 14.3 Å². The minimum Gasteiger partial charge on any atom is -0.480 e. The zero-order chi connectivity index (χ0) is 24.3. The molecule has 1 aliphatic carbocycles. The Labute approximate surface area is 203 Å². The lowest BCUT2D eigenvalue weighted by Gasteiger charge is -2.39. The number of nitrogens with zero attached hydrogens (tertiary/aromatic N) is 1. The van der Waals surface area contributed by atoms with E-state index in [0.29, 0.717) is 24.5 Å². The summed E-state index contributed by atoms with van der Waals surface area (Å²) in [5, 5.41) is 12.3. The molecule has 1 heterocycles. The second kappa shape index (κ2) is 10.1. The number of hydrogen-bond donors (Lipinski definition) is 2. The number of nitrogens with one attached hydrogen (secondary N) is 1. The van der Waals surface area contributed by atoms with Crippen molar-refractivity contribution in [2.75, 3.05) is 31.2 Å². The van der Waals surface area contributed by atoms with Gasteiger partial charge in [0.05, 0.1) is 5.41 Å². The number of amides is 2. The van der Waals surface area contributed by atoms with E-state index in [1.807, 2.05) is 31.2 Å². The third-order valence-electron chi connectivity index (χ3n) is 6.94. The smallest absolute Gasteiger partial charge is 0.407 e. The lowest BCUT2D eigenvalue weighted by molar-refractivity contribution is -0.154. The molecule has 2 atom stereocenters. The number of carbonyl (C=O) groups is 3. The van der Waals surface area contributed by atoms with Crippen molar-refractivity contribution in [1.82, 2.24) is 10.2 Å². The van der Waals surface area contributed by atoms with E-state index in [2.05, 4.69) is 29.6 Å². The van der Waals surface area contributed by atoms with Crippen LogP contribution >= 0.6 is 11.8 Å². The summed E-state index contributed by atoms with van der Waals surface area (Å²) in [5.41, 5.74) is 3.66. The van der Waals surface area contributed by atoms with Crippen molar-refractivity contribution in [3.63, 3.8) is 0 Å². The summed E-state index contributed by atoms with van der Waals surface area (Å²) in [6.45, 7) is 4.29. The fraction of sp³-hybridized carbons (Fsp3) is 0.423. The first-order chi connectivity index (χ1) is 16.4. The number of benzene rings is 2. The molecule has 2 aromatic carbocycles. The van der Waals surface area contributed by atoms with Gasteiger partial charge in [0.15, 0.2) is 0 Å². The Morgan fingerprint density at radius 3 is 2.32 bits per heavy atom. The molecule has 1 fully saturated rings. The molecule has 1 aliphatic heterocycles. The third kappa shape index (κ3) is 4.64. The van der Waals surface area contributed by atoms with Crippen LogP contribution < -0.4 is 5.32 Å². The molecule has 2 aliphatic rings. The quantitative estimate of drug-likeness (QED) is 0.620. The van der Waals surface area contributed by atoms with Crippen LogP contribution in [-0.4, -0.2) is 65.2 Å². The number of carboxylic acids is 1. The Kier molecular flexibility index (Phi) is 7.16. The number of carboxylic acid groups (broad SMARTS) is 1. The summed E-state index contributed by atoms with van der Waals surface area (Å²) < 4.78 is 5.59. The molecule has 1 saturated heterocycles. The molecule has 0 spiro atoms. The minimum atomic E-state index is -0.997. The number of carbonyl (C=O) groups excluding carboxylic acids is 2. The normalized spacial score (nSPS) is 19.0. The molecule has 8 heteroatoms. The first-order valence-electron chi connectivity index (χ1n) is 11.6. The molecule has 180 valence electrons. The average Bonchev–Trinajstić information content (AvgIpc) is 3.19. The Hall–Kier alpha value is -3.00. The molecular weight excluding hydrogens is 452 g/mol. The van der Waals surface area contributed by atoms with Gasteiger partial charge in [0.1, 0.15) is 12.6 Å². The second-order valence-corrected chi connectivity index (χ2v) is 10.2. The summed E-state index contributed by atoms with van der Waals surface area (Å²) in [6, 6.07) is 15.4. The fourth-order valence-electron chi connectivity index (χ4n) is 4.67. The number of fused-ring (bicyclic) bond motifs is 3. The highest BCUT2D eigenvalue weighted by Crippen LogP contribution is 2.44. The summed E-state index contributed by atoms with van der Waals surface area (Å²) in [4.78, 5) is 39.0. The van der Waals surface area contributed by atoms with Crippen LogP contribution in [0.4, 0.5) is 4.79 Å². The van der Waals surface area contributed by atoms with Crippen LogP contribution in [0.5, 0.6) is 0 Å². The van der Waals surface area contributed by atoms with Crippen LogP contribution in [0.15, 0.2) is 48.5 Å². The average molecular weight is 483 g/mol. The van der Waals surface area contributed by atoms with Crippen LogP contribution in [0, 0.1) is 5.41 Å². The highest BCUT2D eigenvalue weighted by Gasteiger charge is 2.41. The Balaban J connectivity index is 1.39. The predicted octanol–water partition coefficient (Wildman–Crippen LogP) is 3.97. The van der Waals surface area contributed by atoms with E-state index in [0.717, 1.165) is 22.3 Å². The number of aliphatic carboxylic acids is 1. The van der Waals surface area contributed by atoms with E-state index >= 15 is 0 Å². The van der Waals surface area contributed by atoms with Crippen molar-refractivity contribution >= 4 is 29.7 Å². The number of alkyl carbamates (subject to hydrolysis) is 1. The van der Waals surface area contributed by atoms with Crippen LogP contribution in [0.2, 0.25) is 0 Å². The molecule has 2 N–H and O–H groups in total. The molecule has 2 unspecified atom stereocenters. The first kappa shape index (κ1) is 24.1. The van der Waals surface area contributed by atoms with E-state index in [1.165, 1.54) is 16.7 Å². The summed E-state index contributed by atoms with van der Waals surface area (Å²) in [7, 11) is 0. The zero-order valence-corrected chi connectivity index (χ0v) is 20.3. The molecule has 7 nitrogen and oxygen atoms in total. The van der Waals surface area contributed by atoms with Crippen LogP contribution in [0.25, 0.3) is 11.1 Å². The maximum Gasteiger partial charge on any atom is 0.407 e. The molecule has 2 amide bonds. The van der Waals surface area contributed by atoms with Crippen LogP contribution in [0.1, 0.15) is 37.3 Å². The number of hydrogen-bond acceptors (Lipinski definition) is 5. The van der Waals surface area contributed by atoms with E-state index in [4.69, 9.17) is 4.74 Å². The molecule has 0 aromatic heterocycles. The van der Waals surface area contributed by atoms with E-state index < -0.39 is 23.5 Å². The van der Waals surface area contributed by atoms with Gasteiger partial charge in [0.2, 0.25) is 5.91 Å². The zero-order valence-electron chi connectivity index (χ0n) is 19.5. The van der Waals surface area contributed by atoms with Crippen molar-refractivity contribution in [2.24, 2.45) is 5.41 Å². The number of rotatable bonds is 7. The first-order valence-corrected chi connectivity index (χ1v) is 12.7. The van der Waals surface area contributed by atoms with Gasteiger partial charge in [-0.2, -0.15) is 11.8 Å². The van der Waals surface area contributed by atoms with Gasteiger partial charge in [0, 0.05) is 30.5 Å². The summed E-state index contributed by atoms with van der Waals surface area (Å²) in [5.74, 6) is -0.208. The molecule has 0 radical (unpaired) electrons. The number of ether oxygens (including phenoxy) is 1. The van der Waals surface area contributed by atoms with Gasteiger partial charge in [-0.25, -0.2) is 9.59 Å². The standard InChI is InChI=1S/C26H30N2O5S/c1-3-26(2,24(31)28-12-13-34-15-22(28)23(29)30)16-27-25(32)33-14-21-19-10-6-4-8-17(19)18-9-5-7-11-20(18)21/h4-11,21-22H,3,12-16H2,1-2H3,(H,27,32)(H,29,30). The monoisotopic (exact) mass is 482 g/mol. The summed E-state index contributed by atoms with van der Waals surface area (Å²) >= 11 is 1.53. The Morgan fingerprint density at radius 1 is 1.12 bits per heavy atom. The van der Waals surface area contributed by atoms with Gasteiger partial charge in [-0.1, -0.05) is 55.5 Å². The van der Waals surface area contributed by atoms with Crippen molar-refractivity contribution in [3.05, 3.63) is 59.7 Å². The topological polar surface area (TPSA) is 95.9 Å². The van der Waals surface area contributed by atoms with Crippen molar-refractivity contribution in [1.29, 1.82) is 0 Å². The molecule has 2 aromatic rings. The van der Waals surface area contributed by atoms with E-state index in [1.54, 1.807) is 6.92 Å². The highest BCUT2D eigenvalue weighted by atomic mass is 32.2. The summed E-state index contributed by atoms with van der Waals surface area (Å²) in [6.07, 6.45) is -0.121. The SMILES string of the molecule is CCC(C)(CNC(=O)OCC1c2ccccc2-c2ccccc21)C(=O)N1CCSCC1C(=O)O. The Bertz CT molecular complexity index is 1040. The highest BCUT2D eigenvalue weighted by molar-refractivity contribution is 7.99. The maximum absolute atomic E-state index is 13.3. The fourth-order valence-corrected chi connectivity index (χ4v) is 5.70. The lowest BCUT2D eigenvalue weighted by atomic mass is 9.85. The number of thioether (sulfide) groups is 1. The predicted molar refractivity (Wildman–Crippen MR) is 132 cm³/mol. The van der Waals surface area contributed by atoms with Crippen LogP contribution in [0.3, 0.4) is 0 Å². The van der Waals surface area contributed by atoms with Gasteiger partial charge < -0.3 is 20.1 Å². The van der Waals surface area contributed by atoms with E-state index in [-0.39, 0.29) is 25.0 Å². The van der Waals surface area contributed by atoms with E-state index in [9.17, 15) is 19.5 Å². The van der Waals surface area contributed by atoms with Crippen molar-refractivity contribution in [2.45, 2.75) is 32.2 Å². The van der Waals surface area contributed by atoms with Crippen molar-refractivity contribution in [3.8, 4) is 11.1 Å². The molecule has 4 rings (SSSR count). The largest absolute Gasteiger partial charge is 0.480 e. The second-order valence-electron chi connectivity index (χ2n) is 9.02. The molecule has 0 bridgehead atoms. The molecular formula is C26H30N2O5S. The van der Waals surface area contributed by atoms with Gasteiger partial charge in [-0.3, -0.25) is 4.79 Å². The van der Waals surface area contributed by atoms with Crippen molar-refractivity contribution < 1.29 is 24.2 Å². The van der Waals surface area contributed by atoms with Gasteiger partial charge in [-0.15, -0.1) is 0 Å². The molecule has 0 saturated carbocycles. The maximum atomic E-state index is 13.3. The minimum absolute atomic E-state index is 0.0421. The van der Waals surface area contributed by atoms with Gasteiger partial charge >= 0.3 is 12.1 Å². The lowest BCUT2D eigenvalue weighted by Crippen LogP contribution is -2.56. The Morgan fingerprint density at radius 2 is 1.74 bits per heavy atom.